The third kappa shape index (κ3) is 1.60. The molecule has 0 atom stereocenters. The van der Waals surface area contributed by atoms with Gasteiger partial charge in [0.15, 0.2) is 0 Å². The van der Waals surface area contributed by atoms with E-state index in [9.17, 15) is 0 Å². The Kier molecular flexibility index (Phi) is 2.41. The summed E-state index contributed by atoms with van der Waals surface area (Å²) in [6.07, 6.45) is 4.42. The van der Waals surface area contributed by atoms with Crippen LogP contribution in [0.4, 0.5) is 0 Å². The molecule has 0 amide bonds. The van der Waals surface area contributed by atoms with Crippen molar-refractivity contribution in [3.8, 4) is 0 Å². The van der Waals surface area contributed by atoms with Crippen molar-refractivity contribution in [3.05, 3.63) is 34.7 Å². The number of allylic oxidation sites excluding steroid dienone is 5. The zero-order valence-electron chi connectivity index (χ0n) is 8.60. The highest BCUT2D eigenvalue weighted by molar-refractivity contribution is 5.38. The van der Waals surface area contributed by atoms with Gasteiger partial charge in [-0.05, 0) is 44.4 Å². The van der Waals surface area contributed by atoms with Crippen LogP contribution in [0.2, 0.25) is 0 Å². The van der Waals surface area contributed by atoms with Crippen molar-refractivity contribution < 1.29 is 0 Å². The van der Waals surface area contributed by atoms with Gasteiger partial charge in [-0.25, -0.2) is 0 Å². The van der Waals surface area contributed by atoms with Crippen LogP contribution in [-0.4, -0.2) is 11.9 Å². The monoisotopic (exact) mass is 163 g/mol. The van der Waals surface area contributed by atoms with Crippen molar-refractivity contribution in [3.63, 3.8) is 0 Å². The van der Waals surface area contributed by atoms with Crippen LogP contribution in [0, 0.1) is 0 Å². The molecule has 1 rings (SSSR count). The maximum Gasteiger partial charge on any atom is 0.0169 e. The topological polar surface area (TPSA) is 3.24 Å². The Balaban J connectivity index is 3.15. The molecule has 0 bridgehead atoms. The third-order valence-corrected chi connectivity index (χ3v) is 2.54. The van der Waals surface area contributed by atoms with Crippen LogP contribution in [0.5, 0.6) is 0 Å². The lowest BCUT2D eigenvalue weighted by Crippen LogP contribution is -2.08. The second kappa shape index (κ2) is 3.18. The van der Waals surface area contributed by atoms with Crippen LogP contribution in [0.3, 0.4) is 0 Å². The molecule has 0 fully saturated rings. The summed E-state index contributed by atoms with van der Waals surface area (Å²) in [4.78, 5) is 2.18. The molecule has 0 unspecified atom stereocenters. The van der Waals surface area contributed by atoms with E-state index in [0.717, 1.165) is 0 Å². The fraction of sp³-hybridized carbons (Fsp3) is 0.455. The fourth-order valence-corrected chi connectivity index (χ4v) is 1.31. The first-order chi connectivity index (χ1) is 5.52. The van der Waals surface area contributed by atoms with E-state index in [0.29, 0.717) is 0 Å². The quantitative estimate of drug-likeness (QED) is 0.530. The summed E-state index contributed by atoms with van der Waals surface area (Å²) in [6.45, 7) is 8.60. The second-order valence-electron chi connectivity index (χ2n) is 3.52. The van der Waals surface area contributed by atoms with Crippen molar-refractivity contribution >= 4 is 0 Å². The van der Waals surface area contributed by atoms with Crippen molar-refractivity contribution in [2.45, 2.75) is 27.7 Å². The molecule has 0 radical (unpaired) electrons. The molecule has 0 aromatic rings. The van der Waals surface area contributed by atoms with Crippen LogP contribution in [0.1, 0.15) is 27.7 Å². The molecule has 0 aromatic carbocycles. The van der Waals surface area contributed by atoms with E-state index in [2.05, 4.69) is 51.9 Å². The van der Waals surface area contributed by atoms with Crippen LogP contribution in [-0.2, 0) is 0 Å². The average Bonchev–Trinajstić information content (AvgIpc) is 2.07. The van der Waals surface area contributed by atoms with E-state index in [1.165, 1.54) is 22.4 Å². The Hall–Kier alpha value is -0.980. The number of hydrogen-bond acceptors (Lipinski definition) is 1. The SMILES string of the molecule is CC1=CC(C)=C(C)N(C)C=C1C. The maximum atomic E-state index is 2.24. The van der Waals surface area contributed by atoms with Crippen LogP contribution < -0.4 is 0 Å². The lowest BCUT2D eigenvalue weighted by atomic mass is 10.1. The molecule has 0 aliphatic carbocycles. The molecule has 1 heteroatoms. The minimum absolute atomic E-state index is 1.33. The predicted molar refractivity (Wildman–Crippen MR) is 53.7 cm³/mol. The molecule has 0 saturated heterocycles. The second-order valence-corrected chi connectivity index (χ2v) is 3.52. The minimum atomic E-state index is 1.33. The van der Waals surface area contributed by atoms with Crippen LogP contribution in [0.15, 0.2) is 34.7 Å². The molecule has 0 spiro atoms. The van der Waals surface area contributed by atoms with Gasteiger partial charge in [0.25, 0.3) is 0 Å². The molecule has 1 heterocycles. The molecule has 0 saturated carbocycles. The number of nitrogens with zero attached hydrogens (tertiary/aromatic N) is 1. The van der Waals surface area contributed by atoms with Crippen LogP contribution >= 0.6 is 0 Å². The smallest absolute Gasteiger partial charge is 0.0169 e. The summed E-state index contributed by atoms with van der Waals surface area (Å²) < 4.78 is 0. The summed E-state index contributed by atoms with van der Waals surface area (Å²) in [5, 5.41) is 0. The van der Waals surface area contributed by atoms with E-state index < -0.39 is 0 Å². The first kappa shape index (κ1) is 9.11. The minimum Gasteiger partial charge on any atom is -0.354 e. The van der Waals surface area contributed by atoms with Gasteiger partial charge in [0.2, 0.25) is 0 Å². The number of hydrogen-bond donors (Lipinski definition) is 0. The Morgan fingerprint density at radius 2 is 1.58 bits per heavy atom. The zero-order chi connectivity index (χ0) is 9.30. The van der Waals surface area contributed by atoms with E-state index in [1.54, 1.807) is 0 Å². The predicted octanol–water partition coefficient (Wildman–Crippen LogP) is 3.08. The Morgan fingerprint density at radius 3 is 2.17 bits per heavy atom. The molecular weight excluding hydrogens is 146 g/mol. The average molecular weight is 163 g/mol. The largest absolute Gasteiger partial charge is 0.354 e. The van der Waals surface area contributed by atoms with E-state index in [4.69, 9.17) is 0 Å². The van der Waals surface area contributed by atoms with Gasteiger partial charge in [-0.1, -0.05) is 6.08 Å². The van der Waals surface area contributed by atoms with Crippen molar-refractivity contribution in [2.24, 2.45) is 0 Å². The van der Waals surface area contributed by atoms with Gasteiger partial charge < -0.3 is 4.90 Å². The van der Waals surface area contributed by atoms with Crippen molar-refractivity contribution in [1.29, 1.82) is 0 Å². The van der Waals surface area contributed by atoms with Crippen molar-refractivity contribution in [1.82, 2.24) is 4.90 Å². The standard InChI is InChI=1S/C11H17N/c1-8-6-9(2)11(4)12(5)7-10(8)3/h6-7H,1-5H3. The first-order valence-electron chi connectivity index (χ1n) is 4.30. The summed E-state index contributed by atoms with van der Waals surface area (Å²) in [7, 11) is 2.09. The Bertz CT molecular complexity index is 279. The van der Waals surface area contributed by atoms with Gasteiger partial charge in [0.1, 0.15) is 0 Å². The summed E-state index contributed by atoms with van der Waals surface area (Å²) in [6, 6.07) is 0. The van der Waals surface area contributed by atoms with Gasteiger partial charge in [0.05, 0.1) is 0 Å². The van der Waals surface area contributed by atoms with Gasteiger partial charge in [-0.15, -0.1) is 0 Å². The normalized spacial score (nSPS) is 18.9. The number of rotatable bonds is 0. The molecule has 12 heavy (non-hydrogen) atoms. The highest BCUT2D eigenvalue weighted by Gasteiger charge is 2.05. The lowest BCUT2D eigenvalue weighted by molar-refractivity contribution is 0.562. The molecule has 66 valence electrons. The third-order valence-electron chi connectivity index (χ3n) is 2.54. The zero-order valence-corrected chi connectivity index (χ0v) is 8.60. The lowest BCUT2D eigenvalue weighted by Gasteiger charge is -2.15. The molecule has 1 aliphatic rings. The first-order valence-corrected chi connectivity index (χ1v) is 4.30. The van der Waals surface area contributed by atoms with Crippen molar-refractivity contribution in [2.75, 3.05) is 7.05 Å². The fourth-order valence-electron chi connectivity index (χ4n) is 1.31. The van der Waals surface area contributed by atoms with E-state index in [1.807, 2.05) is 0 Å². The molecule has 0 N–H and O–H groups in total. The summed E-state index contributed by atoms with van der Waals surface area (Å²) in [5.41, 5.74) is 5.37. The molecule has 0 aromatic heterocycles. The van der Waals surface area contributed by atoms with Gasteiger partial charge in [0, 0.05) is 18.9 Å². The highest BCUT2D eigenvalue weighted by atomic mass is 15.1. The summed E-state index contributed by atoms with van der Waals surface area (Å²) in [5.74, 6) is 0. The Labute approximate surface area is 75.1 Å². The highest BCUT2D eigenvalue weighted by Crippen LogP contribution is 2.20. The van der Waals surface area contributed by atoms with Gasteiger partial charge >= 0.3 is 0 Å². The van der Waals surface area contributed by atoms with Gasteiger partial charge in [-0.3, -0.25) is 0 Å². The molecule has 1 nitrogen and oxygen atoms in total. The van der Waals surface area contributed by atoms with E-state index in [-0.39, 0.29) is 0 Å². The molecule has 1 aliphatic heterocycles. The van der Waals surface area contributed by atoms with Gasteiger partial charge in [-0.2, -0.15) is 0 Å². The van der Waals surface area contributed by atoms with Crippen LogP contribution in [0.25, 0.3) is 0 Å². The van der Waals surface area contributed by atoms with E-state index >= 15 is 0 Å². The maximum absolute atomic E-state index is 2.24. The Morgan fingerprint density at radius 1 is 1.00 bits per heavy atom. The summed E-state index contributed by atoms with van der Waals surface area (Å²) >= 11 is 0. The molecular formula is C11H17N.